The molecule has 0 aromatic rings. The van der Waals surface area contributed by atoms with Gasteiger partial charge in [0.2, 0.25) is 0 Å². The minimum absolute atomic E-state index is 0.325. The lowest BCUT2D eigenvalue weighted by molar-refractivity contribution is -0.116. The summed E-state index contributed by atoms with van der Waals surface area (Å²) in [6, 6.07) is -0.592. The standard InChI is InChI=1S/C13H22FNOS/c1-5-7-8-11(17)12(16)15-10(3)13(4,14)9-6-2/h6,9-10H,5,7-8H2,1-4H3,(H,15,16). The molecule has 0 aromatic carbocycles. The average Bonchev–Trinajstić information content (AvgIpc) is 2.25. The Morgan fingerprint density at radius 1 is 1.59 bits per heavy atom. The van der Waals surface area contributed by atoms with Gasteiger partial charge in [0, 0.05) is 0 Å². The Hall–Kier alpha value is -0.770. The van der Waals surface area contributed by atoms with Crippen LogP contribution in [0.5, 0.6) is 0 Å². The second-order valence-corrected chi connectivity index (χ2v) is 4.87. The van der Waals surface area contributed by atoms with Gasteiger partial charge in [-0.25, -0.2) is 4.39 Å². The molecule has 0 saturated carbocycles. The largest absolute Gasteiger partial charge is 0.346 e. The van der Waals surface area contributed by atoms with E-state index >= 15 is 0 Å². The van der Waals surface area contributed by atoms with Crippen molar-refractivity contribution in [2.75, 3.05) is 0 Å². The molecule has 0 rings (SSSR count). The predicted octanol–water partition coefficient (Wildman–Crippen LogP) is 3.36. The highest BCUT2D eigenvalue weighted by Gasteiger charge is 2.29. The summed E-state index contributed by atoms with van der Waals surface area (Å²) in [4.78, 5) is 12.0. The second-order valence-electron chi connectivity index (χ2n) is 4.37. The van der Waals surface area contributed by atoms with Crippen LogP contribution in [0.25, 0.3) is 0 Å². The van der Waals surface area contributed by atoms with Gasteiger partial charge in [-0.1, -0.05) is 37.7 Å². The van der Waals surface area contributed by atoms with Crippen molar-refractivity contribution < 1.29 is 9.18 Å². The second kappa shape index (κ2) is 7.54. The van der Waals surface area contributed by atoms with Crippen LogP contribution in [0.3, 0.4) is 0 Å². The third-order valence-corrected chi connectivity index (χ3v) is 3.09. The summed E-state index contributed by atoms with van der Waals surface area (Å²) in [5.74, 6) is -0.325. The molecule has 0 spiro atoms. The van der Waals surface area contributed by atoms with Gasteiger partial charge >= 0.3 is 0 Å². The van der Waals surface area contributed by atoms with E-state index < -0.39 is 11.7 Å². The number of alkyl halides is 1. The molecule has 0 aliphatic rings. The van der Waals surface area contributed by atoms with E-state index in [0.717, 1.165) is 12.8 Å². The van der Waals surface area contributed by atoms with Crippen LogP contribution in [-0.4, -0.2) is 22.5 Å². The Balaban J connectivity index is 4.33. The van der Waals surface area contributed by atoms with Crippen LogP contribution in [0.4, 0.5) is 4.39 Å². The normalized spacial score (nSPS) is 16.5. The number of nitrogens with one attached hydrogen (secondary N) is 1. The number of allylic oxidation sites excluding steroid dienone is 1. The number of rotatable bonds is 7. The number of carbonyl (C=O) groups is 1. The highest BCUT2D eigenvalue weighted by Crippen LogP contribution is 2.17. The van der Waals surface area contributed by atoms with Crippen molar-refractivity contribution in [1.29, 1.82) is 0 Å². The van der Waals surface area contributed by atoms with Gasteiger partial charge in [0.1, 0.15) is 5.67 Å². The number of carbonyl (C=O) groups excluding carboxylic acids is 1. The lowest BCUT2D eigenvalue weighted by Gasteiger charge is -2.25. The summed E-state index contributed by atoms with van der Waals surface area (Å²) in [7, 11) is 0. The predicted molar refractivity (Wildman–Crippen MR) is 74.1 cm³/mol. The van der Waals surface area contributed by atoms with Crippen LogP contribution in [0.2, 0.25) is 0 Å². The van der Waals surface area contributed by atoms with Crippen LogP contribution >= 0.6 is 12.2 Å². The molecule has 1 N–H and O–H groups in total. The average molecular weight is 259 g/mol. The van der Waals surface area contributed by atoms with Gasteiger partial charge in [-0.3, -0.25) is 4.79 Å². The maximum atomic E-state index is 14.0. The van der Waals surface area contributed by atoms with Crippen LogP contribution < -0.4 is 5.32 Å². The summed E-state index contributed by atoms with van der Waals surface area (Å²) in [6.45, 7) is 6.86. The molecule has 0 fully saturated rings. The first kappa shape index (κ1) is 16.2. The maximum absolute atomic E-state index is 14.0. The van der Waals surface area contributed by atoms with Crippen molar-refractivity contribution in [2.24, 2.45) is 0 Å². The van der Waals surface area contributed by atoms with Crippen molar-refractivity contribution in [3.8, 4) is 0 Å². The first-order chi connectivity index (χ1) is 7.85. The van der Waals surface area contributed by atoms with Gasteiger partial charge in [0.25, 0.3) is 5.91 Å². The fourth-order valence-corrected chi connectivity index (χ4v) is 1.54. The van der Waals surface area contributed by atoms with Crippen LogP contribution in [0.15, 0.2) is 12.2 Å². The molecule has 2 atom stereocenters. The van der Waals surface area contributed by atoms with Gasteiger partial charge < -0.3 is 5.32 Å². The molecular formula is C13H22FNOS. The molecule has 98 valence electrons. The zero-order chi connectivity index (χ0) is 13.5. The zero-order valence-electron chi connectivity index (χ0n) is 11.0. The SMILES string of the molecule is CC=CC(C)(F)C(C)NC(=O)C(=S)CCCC. The Morgan fingerprint density at radius 2 is 2.18 bits per heavy atom. The topological polar surface area (TPSA) is 29.1 Å². The van der Waals surface area contributed by atoms with Crippen molar-refractivity contribution in [3.63, 3.8) is 0 Å². The fourth-order valence-electron chi connectivity index (χ4n) is 1.34. The third-order valence-electron chi connectivity index (χ3n) is 2.70. The number of hydrogen-bond acceptors (Lipinski definition) is 2. The van der Waals surface area contributed by atoms with Crippen LogP contribution in [0, 0.1) is 0 Å². The van der Waals surface area contributed by atoms with E-state index in [1.807, 2.05) is 6.92 Å². The minimum Gasteiger partial charge on any atom is -0.346 e. The Kier molecular flexibility index (Phi) is 7.19. The molecule has 0 saturated heterocycles. The Morgan fingerprint density at radius 3 is 2.65 bits per heavy atom. The molecule has 0 aliphatic heterocycles. The number of halogens is 1. The summed E-state index contributed by atoms with van der Waals surface area (Å²) in [5.41, 5.74) is -1.55. The smallest absolute Gasteiger partial charge is 0.258 e. The van der Waals surface area contributed by atoms with Gasteiger partial charge in [0.15, 0.2) is 0 Å². The third kappa shape index (κ3) is 5.91. The Labute approximate surface area is 109 Å². The quantitative estimate of drug-likeness (QED) is 0.561. The molecule has 0 bridgehead atoms. The van der Waals surface area contributed by atoms with Crippen LogP contribution in [0.1, 0.15) is 47.0 Å². The fraction of sp³-hybridized carbons (Fsp3) is 0.692. The minimum atomic E-state index is -1.55. The monoisotopic (exact) mass is 259 g/mol. The maximum Gasteiger partial charge on any atom is 0.258 e. The lowest BCUT2D eigenvalue weighted by Crippen LogP contribution is -2.47. The molecule has 0 radical (unpaired) electrons. The molecule has 4 heteroatoms. The molecule has 1 amide bonds. The van der Waals surface area contributed by atoms with Gasteiger partial charge in [-0.15, -0.1) is 0 Å². The Bertz CT molecular complexity index is 300. The van der Waals surface area contributed by atoms with Crippen molar-refractivity contribution in [3.05, 3.63) is 12.2 Å². The molecule has 17 heavy (non-hydrogen) atoms. The molecular weight excluding hydrogens is 237 g/mol. The van der Waals surface area contributed by atoms with E-state index in [-0.39, 0.29) is 5.91 Å². The lowest BCUT2D eigenvalue weighted by atomic mass is 9.99. The number of amides is 1. The number of thiocarbonyl (C=S) groups is 1. The summed E-state index contributed by atoms with van der Waals surface area (Å²) < 4.78 is 14.0. The van der Waals surface area contributed by atoms with E-state index in [1.165, 1.54) is 13.0 Å². The first-order valence-corrected chi connectivity index (χ1v) is 6.42. The van der Waals surface area contributed by atoms with Crippen molar-refractivity contribution in [2.45, 2.75) is 58.7 Å². The van der Waals surface area contributed by atoms with E-state index in [1.54, 1.807) is 19.9 Å². The van der Waals surface area contributed by atoms with Gasteiger partial charge in [0.05, 0.1) is 10.9 Å². The molecule has 0 aliphatic carbocycles. The zero-order valence-corrected chi connectivity index (χ0v) is 11.9. The molecule has 2 unspecified atom stereocenters. The number of unbranched alkanes of at least 4 members (excludes halogenated alkanes) is 1. The van der Waals surface area contributed by atoms with E-state index in [2.05, 4.69) is 5.32 Å². The van der Waals surface area contributed by atoms with Crippen molar-refractivity contribution in [1.82, 2.24) is 5.32 Å². The summed E-state index contributed by atoms with van der Waals surface area (Å²) in [6.07, 6.45) is 5.55. The van der Waals surface area contributed by atoms with Crippen LogP contribution in [-0.2, 0) is 4.79 Å². The van der Waals surface area contributed by atoms with Gasteiger partial charge in [-0.05, 0) is 33.6 Å². The molecule has 0 aromatic heterocycles. The summed E-state index contributed by atoms with van der Waals surface area (Å²) >= 11 is 5.00. The van der Waals surface area contributed by atoms with Crippen molar-refractivity contribution >= 4 is 23.0 Å². The van der Waals surface area contributed by atoms with E-state index in [9.17, 15) is 9.18 Å². The number of hydrogen-bond donors (Lipinski definition) is 1. The van der Waals surface area contributed by atoms with E-state index in [0.29, 0.717) is 11.3 Å². The molecule has 2 nitrogen and oxygen atoms in total. The highest BCUT2D eigenvalue weighted by molar-refractivity contribution is 7.82. The molecule has 0 heterocycles. The van der Waals surface area contributed by atoms with Gasteiger partial charge in [-0.2, -0.15) is 0 Å². The summed E-state index contributed by atoms with van der Waals surface area (Å²) in [5, 5.41) is 2.61. The first-order valence-electron chi connectivity index (χ1n) is 6.01. The van der Waals surface area contributed by atoms with E-state index in [4.69, 9.17) is 12.2 Å². The highest BCUT2D eigenvalue weighted by atomic mass is 32.1.